The van der Waals surface area contributed by atoms with E-state index in [4.69, 9.17) is 0 Å². The van der Waals surface area contributed by atoms with Gasteiger partial charge in [0, 0.05) is 21.1 Å². The lowest BCUT2D eigenvalue weighted by atomic mass is 10.5. The third-order valence-electron chi connectivity index (χ3n) is 1.86. The summed E-state index contributed by atoms with van der Waals surface area (Å²) in [5.74, 6) is 0.865. The number of nitrogens with zero attached hydrogens (tertiary/aromatic N) is 4. The first-order valence-corrected chi connectivity index (χ1v) is 4.35. The van der Waals surface area contributed by atoms with Crippen molar-refractivity contribution in [2.24, 2.45) is 7.05 Å². The number of nitrogens with one attached hydrogen (secondary N) is 1. The van der Waals surface area contributed by atoms with Gasteiger partial charge in [-0.05, 0) is 0 Å². The Balaban J connectivity index is 2.29. The molecule has 0 aliphatic rings. The summed E-state index contributed by atoms with van der Waals surface area (Å²) in [5.41, 5.74) is 0. The number of aromatic nitrogens is 3. The molecule has 1 heterocycles. The molecule has 0 spiro atoms. The first-order valence-electron chi connectivity index (χ1n) is 4.35. The van der Waals surface area contributed by atoms with Crippen LogP contribution in [0.4, 0.5) is 0 Å². The van der Waals surface area contributed by atoms with E-state index in [1.54, 1.807) is 23.7 Å². The summed E-state index contributed by atoms with van der Waals surface area (Å²) in [4.78, 5) is 16.7. The van der Waals surface area contributed by atoms with Crippen LogP contribution in [0.3, 0.4) is 0 Å². The van der Waals surface area contributed by atoms with E-state index in [-0.39, 0.29) is 5.91 Å². The van der Waals surface area contributed by atoms with Gasteiger partial charge in [0.15, 0.2) is 0 Å². The maximum absolute atomic E-state index is 11.2. The normalized spacial score (nSPS) is 10.2. The second-order valence-electron chi connectivity index (χ2n) is 3.19. The molecule has 6 heteroatoms. The highest BCUT2D eigenvalue weighted by molar-refractivity contribution is 5.77. The van der Waals surface area contributed by atoms with Crippen LogP contribution in [0.1, 0.15) is 5.82 Å². The lowest BCUT2D eigenvalue weighted by molar-refractivity contribution is -0.127. The van der Waals surface area contributed by atoms with Gasteiger partial charge in [-0.25, -0.2) is 4.98 Å². The Morgan fingerprint density at radius 2 is 2.36 bits per heavy atom. The van der Waals surface area contributed by atoms with Crippen LogP contribution in [0, 0.1) is 0 Å². The van der Waals surface area contributed by atoms with Gasteiger partial charge in [-0.2, -0.15) is 5.10 Å². The second kappa shape index (κ2) is 4.71. The number of likely N-dealkylation sites (N-methyl/N-ethyl adjacent to an activating group) is 1. The maximum Gasteiger partial charge on any atom is 0.236 e. The Morgan fingerprint density at radius 3 is 2.86 bits per heavy atom. The minimum atomic E-state index is 0.0483. The Labute approximate surface area is 82.9 Å². The minimum Gasteiger partial charge on any atom is -0.348 e. The fraction of sp³-hybridized carbons (Fsp3) is 0.625. The summed E-state index contributed by atoms with van der Waals surface area (Å²) in [6, 6.07) is 0. The molecule has 0 aliphatic carbocycles. The van der Waals surface area contributed by atoms with E-state index in [0.717, 1.165) is 5.82 Å². The van der Waals surface area contributed by atoms with Crippen LogP contribution < -0.4 is 5.32 Å². The molecule has 1 aromatic rings. The van der Waals surface area contributed by atoms with Crippen molar-refractivity contribution in [3.63, 3.8) is 0 Å². The van der Waals surface area contributed by atoms with E-state index in [1.165, 1.54) is 6.33 Å². The topological polar surface area (TPSA) is 63.1 Å². The van der Waals surface area contributed by atoms with Crippen LogP contribution in [-0.4, -0.2) is 46.2 Å². The van der Waals surface area contributed by atoms with Crippen molar-refractivity contribution in [3.05, 3.63) is 12.2 Å². The third-order valence-corrected chi connectivity index (χ3v) is 1.86. The molecule has 0 saturated carbocycles. The summed E-state index contributed by atoms with van der Waals surface area (Å²) < 4.78 is 1.67. The summed E-state index contributed by atoms with van der Waals surface area (Å²) in [5, 5.41) is 6.91. The highest BCUT2D eigenvalue weighted by Gasteiger charge is 2.04. The summed E-state index contributed by atoms with van der Waals surface area (Å²) in [6.45, 7) is 0.871. The van der Waals surface area contributed by atoms with Gasteiger partial charge in [0.1, 0.15) is 12.2 Å². The summed E-state index contributed by atoms with van der Waals surface area (Å²) >= 11 is 0. The number of aryl methyl sites for hydroxylation is 1. The first kappa shape index (κ1) is 10.6. The highest BCUT2D eigenvalue weighted by Crippen LogP contribution is 1.88. The first-order chi connectivity index (χ1) is 6.61. The van der Waals surface area contributed by atoms with Crippen molar-refractivity contribution in [2.45, 2.75) is 6.54 Å². The van der Waals surface area contributed by atoms with Gasteiger partial charge in [0.05, 0.1) is 13.1 Å². The number of hydrogen-bond donors (Lipinski definition) is 1. The van der Waals surface area contributed by atoms with Gasteiger partial charge >= 0.3 is 0 Å². The molecule has 1 aromatic heterocycles. The van der Waals surface area contributed by atoms with Crippen LogP contribution in [0.2, 0.25) is 0 Å². The Morgan fingerprint density at radius 1 is 1.64 bits per heavy atom. The van der Waals surface area contributed by atoms with Crippen LogP contribution >= 0.6 is 0 Å². The average Bonchev–Trinajstić information content (AvgIpc) is 2.51. The smallest absolute Gasteiger partial charge is 0.236 e. The Bertz CT molecular complexity index is 306. The molecule has 0 fully saturated rings. The van der Waals surface area contributed by atoms with Gasteiger partial charge in [-0.15, -0.1) is 0 Å². The molecule has 0 radical (unpaired) electrons. The van der Waals surface area contributed by atoms with Gasteiger partial charge in [-0.3, -0.25) is 9.48 Å². The molecule has 0 unspecified atom stereocenters. The molecule has 6 nitrogen and oxygen atoms in total. The molecular formula is C8H15N5O. The largest absolute Gasteiger partial charge is 0.348 e. The zero-order valence-electron chi connectivity index (χ0n) is 8.69. The van der Waals surface area contributed by atoms with E-state index < -0.39 is 0 Å². The predicted octanol–water partition coefficient (Wildman–Crippen LogP) is -1.01. The SMILES string of the molecule is CN(C)C(=O)CNCc1ncnn1C. The van der Waals surface area contributed by atoms with Crippen molar-refractivity contribution in [1.29, 1.82) is 0 Å². The predicted molar refractivity (Wildman–Crippen MR) is 51.4 cm³/mol. The molecule has 0 saturated heterocycles. The average molecular weight is 197 g/mol. The quantitative estimate of drug-likeness (QED) is 0.672. The molecule has 78 valence electrons. The number of hydrogen-bond acceptors (Lipinski definition) is 4. The minimum absolute atomic E-state index is 0.0483. The molecule has 0 aromatic carbocycles. The molecular weight excluding hydrogens is 182 g/mol. The molecule has 1 N–H and O–H groups in total. The van der Waals surface area contributed by atoms with Crippen molar-refractivity contribution in [2.75, 3.05) is 20.6 Å². The van der Waals surface area contributed by atoms with Gasteiger partial charge in [-0.1, -0.05) is 0 Å². The zero-order chi connectivity index (χ0) is 10.6. The Kier molecular flexibility index (Phi) is 3.58. The fourth-order valence-corrected chi connectivity index (χ4v) is 0.920. The molecule has 0 atom stereocenters. The van der Waals surface area contributed by atoms with Crippen LogP contribution in [0.5, 0.6) is 0 Å². The summed E-state index contributed by atoms with van der Waals surface area (Å²) in [7, 11) is 5.27. The summed E-state index contributed by atoms with van der Waals surface area (Å²) in [6.07, 6.45) is 1.49. The third kappa shape index (κ3) is 2.81. The van der Waals surface area contributed by atoms with E-state index >= 15 is 0 Å². The monoisotopic (exact) mass is 197 g/mol. The van der Waals surface area contributed by atoms with E-state index in [2.05, 4.69) is 15.4 Å². The van der Waals surface area contributed by atoms with Gasteiger partial charge < -0.3 is 10.2 Å². The van der Waals surface area contributed by atoms with Crippen LogP contribution in [-0.2, 0) is 18.4 Å². The molecule has 0 aliphatic heterocycles. The van der Waals surface area contributed by atoms with Gasteiger partial charge in [0.25, 0.3) is 0 Å². The Hall–Kier alpha value is -1.43. The number of amides is 1. The second-order valence-corrected chi connectivity index (χ2v) is 3.19. The molecule has 1 amide bonds. The standard InChI is InChI=1S/C8H15N5O/c1-12(2)8(14)5-9-4-7-10-6-11-13(7)3/h6,9H,4-5H2,1-3H3. The van der Waals surface area contributed by atoms with Crippen LogP contribution in [0.25, 0.3) is 0 Å². The van der Waals surface area contributed by atoms with E-state index in [0.29, 0.717) is 13.1 Å². The maximum atomic E-state index is 11.2. The van der Waals surface area contributed by atoms with Gasteiger partial charge in [0.2, 0.25) is 5.91 Å². The number of rotatable bonds is 4. The number of carbonyl (C=O) groups excluding carboxylic acids is 1. The fourth-order valence-electron chi connectivity index (χ4n) is 0.920. The van der Waals surface area contributed by atoms with E-state index in [1.807, 2.05) is 7.05 Å². The zero-order valence-corrected chi connectivity index (χ0v) is 8.69. The van der Waals surface area contributed by atoms with Crippen molar-refractivity contribution >= 4 is 5.91 Å². The van der Waals surface area contributed by atoms with Crippen molar-refractivity contribution < 1.29 is 4.79 Å². The van der Waals surface area contributed by atoms with Crippen molar-refractivity contribution in [3.8, 4) is 0 Å². The lowest BCUT2D eigenvalue weighted by Crippen LogP contribution is -2.33. The lowest BCUT2D eigenvalue weighted by Gasteiger charge is -2.10. The number of carbonyl (C=O) groups is 1. The molecule has 1 rings (SSSR count). The molecule has 0 bridgehead atoms. The van der Waals surface area contributed by atoms with Crippen molar-refractivity contribution in [1.82, 2.24) is 25.0 Å². The highest BCUT2D eigenvalue weighted by atomic mass is 16.2. The molecule has 14 heavy (non-hydrogen) atoms. The van der Waals surface area contributed by atoms with Crippen LogP contribution in [0.15, 0.2) is 6.33 Å². The van der Waals surface area contributed by atoms with E-state index in [9.17, 15) is 4.79 Å².